The predicted octanol–water partition coefficient (Wildman–Crippen LogP) is 4.33. The summed E-state index contributed by atoms with van der Waals surface area (Å²) in [5, 5.41) is 8.96. The van der Waals surface area contributed by atoms with E-state index in [1.165, 1.54) is 25.0 Å². The van der Waals surface area contributed by atoms with Crippen molar-refractivity contribution in [3.8, 4) is 0 Å². The van der Waals surface area contributed by atoms with Crippen LogP contribution in [0.1, 0.15) is 57.6 Å². The average molecular weight is 318 g/mol. The first-order valence-corrected chi connectivity index (χ1v) is 9.67. The van der Waals surface area contributed by atoms with Gasteiger partial charge in [0.15, 0.2) is 5.65 Å². The number of rotatable bonds is 6. The molecule has 22 heavy (non-hydrogen) atoms. The van der Waals surface area contributed by atoms with E-state index in [0.717, 1.165) is 29.6 Å². The molecule has 5 heteroatoms. The summed E-state index contributed by atoms with van der Waals surface area (Å²) in [6.45, 7) is 4.48. The Morgan fingerprint density at radius 3 is 2.86 bits per heavy atom. The second-order valence-corrected chi connectivity index (χ2v) is 7.33. The molecule has 1 aliphatic rings. The Kier molecular flexibility index (Phi) is 4.91. The Bertz CT molecular complexity index is 620. The number of hydrogen-bond donors (Lipinski definition) is 1. The van der Waals surface area contributed by atoms with Crippen LogP contribution in [-0.4, -0.2) is 32.1 Å². The van der Waals surface area contributed by atoms with E-state index in [1.807, 2.05) is 28.5 Å². The zero-order valence-corrected chi connectivity index (χ0v) is 14.6. The van der Waals surface area contributed by atoms with Gasteiger partial charge >= 0.3 is 0 Å². The zero-order chi connectivity index (χ0) is 15.5. The molecule has 1 aliphatic carbocycles. The molecule has 2 aromatic heterocycles. The van der Waals surface area contributed by atoms with E-state index < -0.39 is 0 Å². The third kappa shape index (κ3) is 3.09. The summed E-state index contributed by atoms with van der Waals surface area (Å²) in [4.78, 5) is 4.80. The molecule has 2 aromatic rings. The van der Waals surface area contributed by atoms with Crippen molar-refractivity contribution in [2.45, 2.75) is 63.2 Å². The van der Waals surface area contributed by atoms with Gasteiger partial charge in [0.05, 0.1) is 6.20 Å². The number of hydrogen-bond acceptors (Lipinski definition) is 4. The topological polar surface area (TPSA) is 42.2 Å². The predicted molar refractivity (Wildman–Crippen MR) is 94.9 cm³/mol. The molecule has 3 rings (SSSR count). The summed E-state index contributed by atoms with van der Waals surface area (Å²) in [5.41, 5.74) is 2.14. The number of nitrogens with one attached hydrogen (secondary N) is 1. The molecule has 1 fully saturated rings. The van der Waals surface area contributed by atoms with Crippen LogP contribution in [0.4, 0.5) is 5.82 Å². The molecule has 0 saturated heterocycles. The molecule has 120 valence electrons. The minimum atomic E-state index is 0.531. The molecule has 0 aromatic carbocycles. The highest BCUT2D eigenvalue weighted by molar-refractivity contribution is 7.99. The molecule has 0 unspecified atom stereocenters. The molecule has 0 amide bonds. The van der Waals surface area contributed by atoms with Crippen LogP contribution in [0.2, 0.25) is 0 Å². The molecule has 2 heterocycles. The summed E-state index contributed by atoms with van der Waals surface area (Å²) in [7, 11) is 0. The van der Waals surface area contributed by atoms with E-state index in [4.69, 9.17) is 4.98 Å². The third-order valence-corrected chi connectivity index (χ3v) is 5.95. The van der Waals surface area contributed by atoms with Gasteiger partial charge in [-0.05, 0) is 38.4 Å². The number of anilines is 1. The molecule has 0 radical (unpaired) electrons. The van der Waals surface area contributed by atoms with Gasteiger partial charge in [0.25, 0.3) is 0 Å². The number of aromatic nitrogens is 3. The maximum absolute atomic E-state index is 4.80. The maximum atomic E-state index is 4.80. The van der Waals surface area contributed by atoms with Crippen LogP contribution in [-0.2, 0) is 0 Å². The lowest BCUT2D eigenvalue weighted by molar-refractivity contribution is 0.622. The van der Waals surface area contributed by atoms with Gasteiger partial charge in [0, 0.05) is 35.0 Å². The first-order valence-electron chi connectivity index (χ1n) is 8.39. The smallest absolute Gasteiger partial charge is 0.157 e. The van der Waals surface area contributed by atoms with E-state index in [0.29, 0.717) is 12.0 Å². The molecule has 0 bridgehead atoms. The number of nitrogens with zero attached hydrogens (tertiary/aromatic N) is 3. The molecule has 0 spiro atoms. The van der Waals surface area contributed by atoms with Crippen LogP contribution in [0.25, 0.3) is 5.65 Å². The first-order chi connectivity index (χ1) is 10.7. The Morgan fingerprint density at radius 2 is 2.18 bits per heavy atom. The van der Waals surface area contributed by atoms with Crippen molar-refractivity contribution in [1.29, 1.82) is 0 Å². The van der Waals surface area contributed by atoms with Gasteiger partial charge in [0.1, 0.15) is 5.82 Å². The van der Waals surface area contributed by atoms with Crippen LogP contribution in [0, 0.1) is 0 Å². The number of thioether (sulfide) groups is 1. The van der Waals surface area contributed by atoms with Crippen LogP contribution >= 0.6 is 11.8 Å². The Balaban J connectivity index is 1.88. The molecular weight excluding hydrogens is 292 g/mol. The van der Waals surface area contributed by atoms with Gasteiger partial charge < -0.3 is 5.32 Å². The lowest BCUT2D eigenvalue weighted by Crippen LogP contribution is -2.19. The van der Waals surface area contributed by atoms with Crippen LogP contribution in [0.5, 0.6) is 0 Å². The fourth-order valence-electron chi connectivity index (χ4n) is 3.45. The van der Waals surface area contributed by atoms with Crippen LogP contribution in [0.3, 0.4) is 0 Å². The lowest BCUT2D eigenvalue weighted by Gasteiger charge is -2.18. The van der Waals surface area contributed by atoms with Gasteiger partial charge in [-0.2, -0.15) is 21.4 Å². The van der Waals surface area contributed by atoms with Crippen molar-refractivity contribution in [3.05, 3.63) is 24.0 Å². The summed E-state index contributed by atoms with van der Waals surface area (Å²) >= 11 is 1.99. The van der Waals surface area contributed by atoms with E-state index in [9.17, 15) is 0 Å². The largest absolute Gasteiger partial charge is 0.367 e. The fourth-order valence-corrected chi connectivity index (χ4v) is 4.24. The van der Waals surface area contributed by atoms with E-state index in [2.05, 4.69) is 36.6 Å². The molecular formula is C17H26N4S. The lowest BCUT2D eigenvalue weighted by atomic mass is 9.99. The van der Waals surface area contributed by atoms with Gasteiger partial charge in [-0.1, -0.05) is 13.8 Å². The zero-order valence-electron chi connectivity index (χ0n) is 13.7. The molecule has 0 aliphatic heterocycles. The van der Waals surface area contributed by atoms with E-state index in [-0.39, 0.29) is 0 Å². The maximum Gasteiger partial charge on any atom is 0.157 e. The summed E-state index contributed by atoms with van der Waals surface area (Å²) < 4.78 is 1.94. The van der Waals surface area contributed by atoms with Gasteiger partial charge in [0.2, 0.25) is 0 Å². The highest BCUT2D eigenvalue weighted by Crippen LogP contribution is 2.31. The minimum Gasteiger partial charge on any atom is -0.367 e. The number of fused-ring (bicyclic) bond motifs is 1. The fraction of sp³-hybridized carbons (Fsp3) is 0.647. The van der Waals surface area contributed by atoms with E-state index >= 15 is 0 Å². The van der Waals surface area contributed by atoms with Gasteiger partial charge in [-0.15, -0.1) is 0 Å². The monoisotopic (exact) mass is 318 g/mol. The van der Waals surface area contributed by atoms with Crippen molar-refractivity contribution >= 4 is 23.2 Å². The molecule has 1 N–H and O–H groups in total. The summed E-state index contributed by atoms with van der Waals surface area (Å²) in [6, 6.07) is 4.77. The first kappa shape index (κ1) is 15.7. The summed E-state index contributed by atoms with van der Waals surface area (Å²) in [6.07, 6.45) is 10.1. The van der Waals surface area contributed by atoms with E-state index in [1.54, 1.807) is 0 Å². The molecule has 1 saturated carbocycles. The summed E-state index contributed by atoms with van der Waals surface area (Å²) in [5.74, 6) is 1.63. The Hall–Kier alpha value is -1.23. The van der Waals surface area contributed by atoms with Crippen molar-refractivity contribution in [3.63, 3.8) is 0 Å². The second-order valence-electron chi connectivity index (χ2n) is 6.19. The standard InChI is InChI=1S/C17H26N4S/c1-4-12(5-2)15-11-17(21-16(20-15)8-9-18-21)19-13-6-7-14(10-13)22-3/h8-9,11-14,19H,4-7,10H2,1-3H3/t13-,14+/m0/s1. The minimum absolute atomic E-state index is 0.531. The van der Waals surface area contributed by atoms with Crippen LogP contribution in [0.15, 0.2) is 18.3 Å². The van der Waals surface area contributed by atoms with Crippen LogP contribution < -0.4 is 5.32 Å². The SMILES string of the molecule is CCC(CC)c1cc(N[C@H]2CC[C@@H](SC)C2)n2nccc2n1. The van der Waals surface area contributed by atoms with Crippen molar-refractivity contribution in [1.82, 2.24) is 14.6 Å². The Morgan fingerprint density at radius 1 is 1.36 bits per heavy atom. The average Bonchev–Trinajstić information content (AvgIpc) is 3.17. The van der Waals surface area contributed by atoms with Crippen molar-refractivity contribution in [2.24, 2.45) is 0 Å². The Labute approximate surface area is 137 Å². The van der Waals surface area contributed by atoms with Gasteiger partial charge in [-0.3, -0.25) is 0 Å². The normalized spacial score (nSPS) is 21.8. The highest BCUT2D eigenvalue weighted by Gasteiger charge is 2.25. The second kappa shape index (κ2) is 6.90. The van der Waals surface area contributed by atoms with Gasteiger partial charge in [-0.25, -0.2) is 4.98 Å². The third-order valence-electron chi connectivity index (χ3n) is 4.85. The molecule has 2 atom stereocenters. The van der Waals surface area contributed by atoms with Crippen molar-refractivity contribution in [2.75, 3.05) is 11.6 Å². The highest BCUT2D eigenvalue weighted by atomic mass is 32.2. The van der Waals surface area contributed by atoms with Crippen molar-refractivity contribution < 1.29 is 0 Å². The molecule has 4 nitrogen and oxygen atoms in total. The quantitative estimate of drug-likeness (QED) is 0.861.